The fourth-order valence-electron chi connectivity index (χ4n) is 6.83. The van der Waals surface area contributed by atoms with Gasteiger partial charge in [-0.1, -0.05) is 48.5 Å². The van der Waals surface area contributed by atoms with Gasteiger partial charge in [0.15, 0.2) is 0 Å². The first-order valence-electron chi connectivity index (χ1n) is 13.7. The molecule has 0 aliphatic heterocycles. The van der Waals surface area contributed by atoms with Crippen molar-refractivity contribution < 1.29 is 0 Å². The molecule has 4 nitrogen and oxygen atoms in total. The molecule has 40 heavy (non-hydrogen) atoms. The Morgan fingerprint density at radius 2 is 0.600 bits per heavy atom. The van der Waals surface area contributed by atoms with Crippen LogP contribution < -0.4 is 0 Å². The van der Waals surface area contributed by atoms with E-state index in [0.717, 1.165) is 87.2 Å². The van der Waals surface area contributed by atoms with Crippen LogP contribution in [-0.4, -0.2) is 19.9 Å². The highest BCUT2D eigenvalue weighted by molar-refractivity contribution is 6.22. The van der Waals surface area contributed by atoms with E-state index in [9.17, 15) is 0 Å². The average molecular weight is 513 g/mol. The summed E-state index contributed by atoms with van der Waals surface area (Å²) in [7, 11) is 0. The van der Waals surface area contributed by atoms with Gasteiger partial charge in [0.2, 0.25) is 0 Å². The molecule has 0 radical (unpaired) electrons. The van der Waals surface area contributed by atoms with Crippen LogP contribution in [0.1, 0.15) is 22.3 Å². The Morgan fingerprint density at radius 3 is 0.850 bits per heavy atom. The largest absolute Gasteiger partial charge is 0.245 e. The minimum atomic E-state index is 0.864. The third-order valence-corrected chi connectivity index (χ3v) is 8.82. The first-order chi connectivity index (χ1) is 19.4. The van der Waals surface area contributed by atoms with Crippen molar-refractivity contribution in [3.63, 3.8) is 0 Å². The van der Waals surface area contributed by atoms with E-state index in [1.807, 2.05) is 0 Å². The SMILES string of the molecule is Cc1cc2cc(C)c3ccc4nc3c2c2nc(ccc12)c1ccc2c(C)cc3cc(C)c5ccc4nc5c3c2n1. The van der Waals surface area contributed by atoms with Crippen molar-refractivity contribution in [1.29, 1.82) is 0 Å². The monoisotopic (exact) mass is 512 g/mol. The maximum absolute atomic E-state index is 5.31. The van der Waals surface area contributed by atoms with Crippen LogP contribution in [0.25, 0.3) is 87.2 Å². The minimum Gasteiger partial charge on any atom is -0.245 e. The fraction of sp³-hybridized carbons (Fsp3) is 0.111. The van der Waals surface area contributed by atoms with Crippen LogP contribution in [0.5, 0.6) is 0 Å². The zero-order chi connectivity index (χ0) is 26.9. The van der Waals surface area contributed by atoms with Gasteiger partial charge in [-0.15, -0.1) is 0 Å². The molecule has 9 aromatic rings. The molecular formula is C36H24N4. The number of aromatic nitrogens is 4. The van der Waals surface area contributed by atoms with Crippen molar-refractivity contribution in [2.75, 3.05) is 0 Å². The summed E-state index contributed by atoms with van der Waals surface area (Å²) in [5, 5.41) is 9.03. The first kappa shape index (κ1) is 21.9. The summed E-state index contributed by atoms with van der Waals surface area (Å²) in [6.45, 7) is 8.65. The molecule has 0 saturated carbocycles. The number of pyridine rings is 4. The lowest BCUT2D eigenvalue weighted by Gasteiger charge is -2.14. The molecule has 0 amide bonds. The predicted molar refractivity (Wildman–Crippen MR) is 168 cm³/mol. The summed E-state index contributed by atoms with van der Waals surface area (Å²) in [4.78, 5) is 21.2. The zero-order valence-electron chi connectivity index (χ0n) is 22.7. The van der Waals surface area contributed by atoms with E-state index in [1.165, 1.54) is 22.3 Å². The molecule has 0 spiro atoms. The topological polar surface area (TPSA) is 51.6 Å². The molecule has 0 saturated heterocycles. The van der Waals surface area contributed by atoms with E-state index >= 15 is 0 Å². The van der Waals surface area contributed by atoms with Crippen LogP contribution in [0, 0.1) is 27.7 Å². The first-order valence-corrected chi connectivity index (χ1v) is 13.7. The average Bonchev–Trinajstić information content (AvgIpc) is 2.95. The summed E-state index contributed by atoms with van der Waals surface area (Å²) in [5.74, 6) is 0. The molecule has 8 bridgehead atoms. The van der Waals surface area contributed by atoms with E-state index in [2.05, 4.69) is 100 Å². The molecule has 0 fully saturated rings. The van der Waals surface area contributed by atoms with Gasteiger partial charge in [-0.2, -0.15) is 0 Å². The number of hydrogen-bond acceptors (Lipinski definition) is 4. The summed E-state index contributed by atoms with van der Waals surface area (Å²) in [6.07, 6.45) is 0. The highest BCUT2D eigenvalue weighted by Crippen LogP contribution is 2.38. The molecular weight excluding hydrogens is 488 g/mol. The van der Waals surface area contributed by atoms with Gasteiger partial charge >= 0.3 is 0 Å². The van der Waals surface area contributed by atoms with Crippen LogP contribution in [0.15, 0.2) is 72.8 Å². The Kier molecular flexibility index (Phi) is 4.03. The summed E-state index contributed by atoms with van der Waals surface area (Å²) < 4.78 is 0. The van der Waals surface area contributed by atoms with Crippen LogP contribution in [0.2, 0.25) is 0 Å². The van der Waals surface area contributed by atoms with E-state index in [1.54, 1.807) is 0 Å². The van der Waals surface area contributed by atoms with Gasteiger partial charge in [-0.3, -0.25) is 0 Å². The van der Waals surface area contributed by atoms with E-state index in [-0.39, 0.29) is 0 Å². The lowest BCUT2D eigenvalue weighted by atomic mass is 9.95. The third-order valence-electron chi connectivity index (χ3n) is 8.82. The fourth-order valence-corrected chi connectivity index (χ4v) is 6.83. The lowest BCUT2D eigenvalue weighted by Crippen LogP contribution is -1.95. The molecule has 188 valence electrons. The number of aryl methyl sites for hydroxylation is 4. The van der Waals surface area contributed by atoms with Crippen molar-refractivity contribution >= 4 is 87.2 Å². The van der Waals surface area contributed by atoms with Gasteiger partial charge in [0.1, 0.15) is 0 Å². The zero-order valence-corrected chi connectivity index (χ0v) is 22.7. The Labute approximate surface area is 229 Å². The summed E-state index contributed by atoms with van der Waals surface area (Å²) in [6, 6.07) is 26.2. The minimum absolute atomic E-state index is 0.864. The second-order valence-corrected chi connectivity index (χ2v) is 11.3. The highest BCUT2D eigenvalue weighted by Gasteiger charge is 2.16. The van der Waals surface area contributed by atoms with Gasteiger partial charge in [0.25, 0.3) is 0 Å². The number of hydrogen-bond donors (Lipinski definition) is 0. The molecule has 9 rings (SSSR count). The molecule has 5 heterocycles. The van der Waals surface area contributed by atoms with Crippen LogP contribution in [0.3, 0.4) is 0 Å². The Hall–Kier alpha value is -4.96. The number of fused-ring (bicyclic) bond motifs is 6. The maximum atomic E-state index is 5.31. The van der Waals surface area contributed by atoms with Crippen molar-refractivity contribution in [2.24, 2.45) is 0 Å². The number of rotatable bonds is 0. The molecule has 0 N–H and O–H groups in total. The second kappa shape index (κ2) is 7.36. The van der Waals surface area contributed by atoms with Crippen molar-refractivity contribution in [2.45, 2.75) is 27.7 Å². The van der Waals surface area contributed by atoms with Crippen molar-refractivity contribution in [1.82, 2.24) is 19.9 Å². The molecule has 0 aliphatic carbocycles. The summed E-state index contributed by atoms with van der Waals surface area (Å²) in [5.41, 5.74) is 12.2. The molecule has 0 unspecified atom stereocenters. The van der Waals surface area contributed by atoms with E-state index < -0.39 is 0 Å². The van der Waals surface area contributed by atoms with Gasteiger partial charge in [0.05, 0.1) is 44.1 Å². The second-order valence-electron chi connectivity index (χ2n) is 11.3. The highest BCUT2D eigenvalue weighted by atomic mass is 14.8. The Bertz CT molecular complexity index is 2230. The quantitative estimate of drug-likeness (QED) is 0.190. The third kappa shape index (κ3) is 2.75. The van der Waals surface area contributed by atoms with E-state index in [4.69, 9.17) is 19.9 Å². The van der Waals surface area contributed by atoms with Crippen molar-refractivity contribution in [3.05, 3.63) is 95.1 Å². The van der Waals surface area contributed by atoms with Gasteiger partial charge in [-0.25, -0.2) is 19.9 Å². The number of benzene rings is 4. The number of nitrogens with zero attached hydrogens (tertiary/aromatic N) is 4. The smallest absolute Gasteiger partial charge is 0.0894 e. The maximum Gasteiger partial charge on any atom is 0.0894 e. The van der Waals surface area contributed by atoms with Gasteiger partial charge in [-0.05, 0) is 85.0 Å². The summed E-state index contributed by atoms with van der Waals surface area (Å²) >= 11 is 0. The molecule has 5 aromatic heterocycles. The Morgan fingerprint density at radius 1 is 0.350 bits per heavy atom. The van der Waals surface area contributed by atoms with Crippen LogP contribution in [-0.2, 0) is 0 Å². The Balaban J connectivity index is 1.67. The van der Waals surface area contributed by atoms with Gasteiger partial charge < -0.3 is 0 Å². The van der Waals surface area contributed by atoms with Gasteiger partial charge in [0, 0.05) is 32.3 Å². The van der Waals surface area contributed by atoms with Crippen LogP contribution >= 0.6 is 0 Å². The van der Waals surface area contributed by atoms with E-state index in [0.29, 0.717) is 0 Å². The molecule has 0 aliphatic rings. The standard InChI is InChI=1S/C36H24N4/c1-17-13-21-14-18(2)24-6-11-29-30-12-8-26-20(4)16-22-15-19(3)25-7-10-28(39-35(25)32(22)36(26)40-30)27-9-5-23(17)33(37-27)31(21)34(24)38-29/h5-16H,1-4H3. The molecule has 0 atom stereocenters. The lowest BCUT2D eigenvalue weighted by molar-refractivity contribution is 1.41. The normalized spacial score (nSPS) is 12.5. The molecule has 4 aromatic carbocycles. The molecule has 4 heteroatoms. The van der Waals surface area contributed by atoms with Crippen molar-refractivity contribution in [3.8, 4) is 0 Å². The van der Waals surface area contributed by atoms with Crippen LogP contribution in [0.4, 0.5) is 0 Å². The predicted octanol–water partition coefficient (Wildman–Crippen LogP) is 9.16.